The molecule has 2 bridgehead atoms. The van der Waals surface area contributed by atoms with Gasteiger partial charge >= 0.3 is 0 Å². The molecule has 0 radical (unpaired) electrons. The maximum Gasteiger partial charge on any atom is 0.169 e. The van der Waals surface area contributed by atoms with E-state index in [1.54, 1.807) is 6.07 Å². The lowest BCUT2D eigenvalue weighted by atomic mass is 10.1. The SMILES string of the molecule is Nc1nnc(-c2cc(F)ccc2O)cc1N1CC2CCC(C1)N2c1ccncc1. The molecule has 2 unspecified atom stereocenters. The van der Waals surface area contributed by atoms with Crippen LogP contribution in [0.25, 0.3) is 11.3 Å². The van der Waals surface area contributed by atoms with Gasteiger partial charge in [0, 0.05) is 48.8 Å². The van der Waals surface area contributed by atoms with Crippen molar-refractivity contribution in [2.75, 3.05) is 28.6 Å². The van der Waals surface area contributed by atoms with Gasteiger partial charge < -0.3 is 20.6 Å². The first-order chi connectivity index (χ1) is 14.1. The third-order valence-electron chi connectivity index (χ3n) is 5.82. The van der Waals surface area contributed by atoms with Crippen molar-refractivity contribution in [3.8, 4) is 17.0 Å². The summed E-state index contributed by atoms with van der Waals surface area (Å²) in [6, 6.07) is 10.4. The molecule has 148 valence electrons. The van der Waals surface area contributed by atoms with E-state index in [2.05, 4.69) is 25.0 Å². The van der Waals surface area contributed by atoms with E-state index < -0.39 is 5.82 Å². The molecular formula is C21H21FN6O. The molecule has 2 aliphatic heterocycles. The topological polar surface area (TPSA) is 91.4 Å². The molecule has 3 N–H and O–H groups in total. The van der Waals surface area contributed by atoms with Crippen LogP contribution < -0.4 is 15.5 Å². The molecule has 8 heteroatoms. The Hall–Kier alpha value is -3.42. The number of pyridine rings is 1. The number of phenols is 1. The Kier molecular flexibility index (Phi) is 4.19. The molecule has 29 heavy (non-hydrogen) atoms. The van der Waals surface area contributed by atoms with E-state index in [-0.39, 0.29) is 5.75 Å². The van der Waals surface area contributed by atoms with Crippen molar-refractivity contribution < 1.29 is 9.50 Å². The summed E-state index contributed by atoms with van der Waals surface area (Å²) >= 11 is 0. The third-order valence-corrected chi connectivity index (χ3v) is 5.82. The van der Waals surface area contributed by atoms with Crippen LogP contribution in [0.2, 0.25) is 0 Å². The van der Waals surface area contributed by atoms with Gasteiger partial charge in [-0.2, -0.15) is 0 Å². The van der Waals surface area contributed by atoms with Gasteiger partial charge in [-0.15, -0.1) is 10.2 Å². The average molecular weight is 392 g/mol. The summed E-state index contributed by atoms with van der Waals surface area (Å²) in [5.41, 5.74) is 8.81. The highest BCUT2D eigenvalue weighted by atomic mass is 19.1. The van der Waals surface area contributed by atoms with Crippen LogP contribution in [0, 0.1) is 5.82 Å². The molecule has 0 spiro atoms. The number of piperazine rings is 1. The number of rotatable bonds is 3. The minimum absolute atomic E-state index is 0.0426. The van der Waals surface area contributed by atoms with Crippen LogP contribution in [0.1, 0.15) is 12.8 Å². The Morgan fingerprint density at radius 3 is 2.45 bits per heavy atom. The predicted molar refractivity (Wildman–Crippen MR) is 109 cm³/mol. The number of halogens is 1. The van der Waals surface area contributed by atoms with Gasteiger partial charge in [-0.1, -0.05) is 0 Å². The molecule has 0 amide bonds. The van der Waals surface area contributed by atoms with Crippen molar-refractivity contribution in [2.24, 2.45) is 0 Å². The molecule has 7 nitrogen and oxygen atoms in total. The molecule has 0 saturated carbocycles. The molecule has 2 atom stereocenters. The number of fused-ring (bicyclic) bond motifs is 2. The number of aromatic hydroxyl groups is 1. The number of hydrogen-bond acceptors (Lipinski definition) is 7. The standard InChI is InChI=1S/C21H21FN6O/c22-13-1-4-20(29)17(9-13)18-10-19(21(23)26-25-18)27-11-15-2-3-16(12-27)28(15)14-5-7-24-8-6-14/h1,4-10,15-16,29H,2-3,11-12H2,(H2,23,26). The van der Waals surface area contributed by atoms with E-state index >= 15 is 0 Å². The molecule has 2 aliphatic rings. The van der Waals surface area contributed by atoms with Crippen LogP contribution in [0.15, 0.2) is 48.8 Å². The van der Waals surface area contributed by atoms with Gasteiger partial charge in [-0.25, -0.2) is 4.39 Å². The van der Waals surface area contributed by atoms with Crippen LogP contribution in [-0.4, -0.2) is 45.5 Å². The molecule has 4 heterocycles. The smallest absolute Gasteiger partial charge is 0.169 e. The van der Waals surface area contributed by atoms with E-state index in [1.807, 2.05) is 24.5 Å². The van der Waals surface area contributed by atoms with E-state index in [0.717, 1.165) is 31.6 Å². The molecule has 3 aromatic rings. The maximum absolute atomic E-state index is 13.7. The Balaban J connectivity index is 1.46. The van der Waals surface area contributed by atoms with E-state index in [1.165, 1.54) is 23.9 Å². The summed E-state index contributed by atoms with van der Waals surface area (Å²) in [5, 5.41) is 18.3. The second-order valence-corrected chi connectivity index (χ2v) is 7.56. The number of nitrogen functional groups attached to an aromatic ring is 1. The first-order valence-corrected chi connectivity index (χ1v) is 9.65. The van der Waals surface area contributed by atoms with Crippen molar-refractivity contribution in [2.45, 2.75) is 24.9 Å². The van der Waals surface area contributed by atoms with Crippen LogP contribution in [-0.2, 0) is 0 Å². The van der Waals surface area contributed by atoms with Gasteiger partial charge in [0.15, 0.2) is 5.82 Å². The minimum Gasteiger partial charge on any atom is -0.507 e. The number of nitrogens with zero attached hydrogens (tertiary/aromatic N) is 5. The fraction of sp³-hybridized carbons (Fsp3) is 0.286. The van der Waals surface area contributed by atoms with Crippen LogP contribution in [0.5, 0.6) is 5.75 Å². The van der Waals surface area contributed by atoms with Crippen molar-refractivity contribution in [3.05, 3.63) is 54.6 Å². The lowest BCUT2D eigenvalue weighted by Gasteiger charge is -2.43. The number of phenolic OH excluding ortho intramolecular Hbond substituents is 1. The average Bonchev–Trinajstić information content (AvgIpc) is 3.00. The second-order valence-electron chi connectivity index (χ2n) is 7.56. The Morgan fingerprint density at radius 1 is 1.00 bits per heavy atom. The molecule has 0 aliphatic carbocycles. The monoisotopic (exact) mass is 392 g/mol. The fourth-order valence-electron chi connectivity index (χ4n) is 4.53. The van der Waals surface area contributed by atoms with Gasteiger partial charge in [0.2, 0.25) is 0 Å². The quantitative estimate of drug-likeness (QED) is 0.708. The molecule has 2 aromatic heterocycles. The highest BCUT2D eigenvalue weighted by Crippen LogP contribution is 2.38. The predicted octanol–water partition coefficient (Wildman–Crippen LogP) is 2.82. The first-order valence-electron chi connectivity index (χ1n) is 9.65. The van der Waals surface area contributed by atoms with Crippen LogP contribution in [0.4, 0.5) is 21.6 Å². The zero-order valence-electron chi connectivity index (χ0n) is 15.7. The van der Waals surface area contributed by atoms with Gasteiger partial charge in [-0.05, 0) is 49.2 Å². The summed E-state index contributed by atoms with van der Waals surface area (Å²) in [6.07, 6.45) is 5.87. The molecular weight excluding hydrogens is 371 g/mol. The summed E-state index contributed by atoms with van der Waals surface area (Å²) in [7, 11) is 0. The summed E-state index contributed by atoms with van der Waals surface area (Å²) in [6.45, 7) is 1.62. The number of nitrogens with two attached hydrogens (primary N) is 1. The zero-order valence-corrected chi connectivity index (χ0v) is 15.7. The van der Waals surface area contributed by atoms with Gasteiger partial charge in [0.05, 0.1) is 11.4 Å². The largest absolute Gasteiger partial charge is 0.507 e. The van der Waals surface area contributed by atoms with E-state index in [4.69, 9.17) is 5.73 Å². The lowest BCUT2D eigenvalue weighted by Crippen LogP contribution is -2.54. The van der Waals surface area contributed by atoms with Crippen LogP contribution in [0.3, 0.4) is 0 Å². The molecule has 1 aromatic carbocycles. The minimum atomic E-state index is -0.443. The number of anilines is 3. The summed E-state index contributed by atoms with van der Waals surface area (Å²) < 4.78 is 13.7. The Bertz CT molecular complexity index is 1030. The summed E-state index contributed by atoms with van der Waals surface area (Å²) in [4.78, 5) is 8.82. The highest BCUT2D eigenvalue weighted by molar-refractivity contribution is 5.74. The van der Waals surface area contributed by atoms with Crippen molar-refractivity contribution in [1.82, 2.24) is 15.2 Å². The molecule has 5 rings (SSSR count). The van der Waals surface area contributed by atoms with Crippen molar-refractivity contribution in [3.63, 3.8) is 0 Å². The number of hydrogen-bond donors (Lipinski definition) is 2. The third kappa shape index (κ3) is 3.10. The second kappa shape index (κ2) is 6.88. The maximum atomic E-state index is 13.7. The van der Waals surface area contributed by atoms with Gasteiger partial charge in [0.1, 0.15) is 11.6 Å². The lowest BCUT2D eigenvalue weighted by molar-refractivity contribution is 0.475. The van der Waals surface area contributed by atoms with E-state index in [9.17, 15) is 9.50 Å². The van der Waals surface area contributed by atoms with Crippen molar-refractivity contribution >= 4 is 17.2 Å². The van der Waals surface area contributed by atoms with E-state index in [0.29, 0.717) is 29.2 Å². The Morgan fingerprint density at radius 2 is 1.72 bits per heavy atom. The fourth-order valence-corrected chi connectivity index (χ4v) is 4.53. The molecule has 2 saturated heterocycles. The Labute approximate surface area is 167 Å². The number of aromatic nitrogens is 3. The number of benzene rings is 1. The zero-order chi connectivity index (χ0) is 20.0. The first kappa shape index (κ1) is 17.7. The highest BCUT2D eigenvalue weighted by Gasteiger charge is 2.40. The van der Waals surface area contributed by atoms with Crippen LogP contribution >= 0.6 is 0 Å². The van der Waals surface area contributed by atoms with Gasteiger partial charge in [0.25, 0.3) is 0 Å². The summed E-state index contributed by atoms with van der Waals surface area (Å²) in [5.74, 6) is -0.151. The molecule has 2 fully saturated rings. The van der Waals surface area contributed by atoms with Crippen molar-refractivity contribution in [1.29, 1.82) is 0 Å². The van der Waals surface area contributed by atoms with Gasteiger partial charge in [-0.3, -0.25) is 4.98 Å². The normalized spacial score (nSPS) is 20.9.